The van der Waals surface area contributed by atoms with Gasteiger partial charge in [0.05, 0.1) is 13.3 Å². The molecule has 0 N–H and O–H groups in total. The minimum Gasteiger partial charge on any atom is -0.493 e. The van der Waals surface area contributed by atoms with Crippen LogP contribution in [0.4, 0.5) is 0 Å². The van der Waals surface area contributed by atoms with Crippen molar-refractivity contribution < 1.29 is 14.3 Å². The van der Waals surface area contributed by atoms with E-state index in [-0.39, 0.29) is 18.1 Å². The zero-order valence-electron chi connectivity index (χ0n) is 16.4. The molecule has 30 heavy (non-hydrogen) atoms. The molecule has 0 radical (unpaired) electrons. The van der Waals surface area contributed by atoms with Crippen molar-refractivity contribution in [2.24, 2.45) is 10.2 Å². The Balaban J connectivity index is 1.90. The van der Waals surface area contributed by atoms with E-state index in [2.05, 4.69) is 10.2 Å². The first-order valence-corrected chi connectivity index (χ1v) is 9.17. The Hall–Kier alpha value is -4.24. The van der Waals surface area contributed by atoms with Gasteiger partial charge in [-0.05, 0) is 23.8 Å². The van der Waals surface area contributed by atoms with Crippen molar-refractivity contribution in [1.29, 1.82) is 5.26 Å². The van der Waals surface area contributed by atoms with Crippen molar-refractivity contribution in [1.82, 2.24) is 0 Å². The molecule has 6 heteroatoms. The van der Waals surface area contributed by atoms with E-state index in [9.17, 15) is 4.79 Å². The fourth-order valence-corrected chi connectivity index (χ4v) is 2.70. The second-order valence-electron chi connectivity index (χ2n) is 6.11. The maximum atomic E-state index is 13.0. The molecule has 3 aromatic carbocycles. The number of methoxy groups -OCH3 is 1. The molecule has 0 aliphatic rings. The number of carbonyl (C=O) groups is 1. The number of Topliss-reactive ketones (excluding diaryl/α,β-unsaturated/α-hetero) is 1. The molecule has 0 bridgehead atoms. The Kier molecular flexibility index (Phi) is 7.07. The number of benzene rings is 3. The molecule has 148 valence electrons. The predicted octanol–water partition coefficient (Wildman–Crippen LogP) is 4.30. The number of hydrogen-bond donors (Lipinski definition) is 0. The van der Waals surface area contributed by atoms with Crippen LogP contribution in [0, 0.1) is 11.3 Å². The van der Waals surface area contributed by atoms with Crippen LogP contribution in [0.5, 0.6) is 11.5 Å². The summed E-state index contributed by atoms with van der Waals surface area (Å²) in [6.07, 6.45) is 1.53. The second kappa shape index (κ2) is 10.3. The molecule has 0 unspecified atom stereocenters. The van der Waals surface area contributed by atoms with Gasteiger partial charge < -0.3 is 9.47 Å². The van der Waals surface area contributed by atoms with Gasteiger partial charge in [0.1, 0.15) is 11.8 Å². The van der Waals surface area contributed by atoms with Crippen LogP contribution in [-0.2, 0) is 0 Å². The molecule has 0 amide bonds. The fraction of sp³-hybridized carbons (Fsp3) is 0.0833. The summed E-state index contributed by atoms with van der Waals surface area (Å²) in [4.78, 5) is 13.0. The normalized spacial score (nSPS) is 11.1. The molecule has 0 saturated carbocycles. The summed E-state index contributed by atoms with van der Waals surface area (Å²) < 4.78 is 10.6. The lowest BCUT2D eigenvalue weighted by molar-refractivity contribution is 0.106. The smallest absolute Gasteiger partial charge is 0.213 e. The minimum absolute atomic E-state index is 0.0733. The third-order valence-corrected chi connectivity index (χ3v) is 4.14. The number of nitriles is 1. The number of carbonyl (C=O) groups excluding carboxylic acids is 1. The van der Waals surface area contributed by atoms with Gasteiger partial charge in [-0.15, -0.1) is 5.10 Å². The lowest BCUT2D eigenvalue weighted by atomic mass is 10.0. The number of hydrogen-bond acceptors (Lipinski definition) is 6. The highest BCUT2D eigenvalue weighted by Gasteiger charge is 2.16. The van der Waals surface area contributed by atoms with Crippen LogP contribution in [0.15, 0.2) is 89.1 Å². The highest BCUT2D eigenvalue weighted by atomic mass is 16.5. The van der Waals surface area contributed by atoms with E-state index >= 15 is 0 Å². The van der Waals surface area contributed by atoms with Crippen LogP contribution < -0.4 is 9.47 Å². The number of ketones is 1. The Morgan fingerprint density at radius 1 is 0.967 bits per heavy atom. The second-order valence-corrected chi connectivity index (χ2v) is 6.11. The first kappa shape index (κ1) is 20.5. The Morgan fingerprint density at radius 3 is 2.27 bits per heavy atom. The molecule has 6 nitrogen and oxygen atoms in total. The number of nitrogens with zero attached hydrogens (tertiary/aromatic N) is 3. The van der Waals surface area contributed by atoms with Crippen molar-refractivity contribution in [3.63, 3.8) is 0 Å². The van der Waals surface area contributed by atoms with Crippen LogP contribution in [0.2, 0.25) is 0 Å². The summed E-state index contributed by atoms with van der Waals surface area (Å²) in [5, 5.41) is 17.0. The van der Waals surface area contributed by atoms with Gasteiger partial charge in [-0.25, -0.2) is 0 Å². The molecular formula is C24H19N3O3. The quantitative estimate of drug-likeness (QED) is 0.322. The molecule has 0 atom stereocenters. The fourth-order valence-electron chi connectivity index (χ4n) is 2.70. The summed E-state index contributed by atoms with van der Waals surface area (Å²) in [5.41, 5.74) is 2.18. The van der Waals surface area contributed by atoms with Gasteiger partial charge in [-0.1, -0.05) is 60.7 Å². The van der Waals surface area contributed by atoms with E-state index in [1.807, 2.05) is 42.5 Å². The van der Waals surface area contributed by atoms with E-state index in [0.717, 1.165) is 0 Å². The summed E-state index contributed by atoms with van der Waals surface area (Å²) >= 11 is 0. The highest BCUT2D eigenvalue weighted by Crippen LogP contribution is 2.27. The SMILES string of the molecule is COc1cc(/C=N\N=C(/C(=O)c2ccccc2)c2ccccc2)ccc1OCC#N. The average Bonchev–Trinajstić information content (AvgIpc) is 2.81. The molecule has 3 rings (SSSR count). The van der Waals surface area contributed by atoms with Crippen molar-refractivity contribution in [2.45, 2.75) is 0 Å². The van der Waals surface area contributed by atoms with Crippen molar-refractivity contribution in [3.05, 3.63) is 95.6 Å². The molecule has 0 saturated heterocycles. The zero-order valence-corrected chi connectivity index (χ0v) is 16.4. The molecule has 0 heterocycles. The van der Waals surface area contributed by atoms with Gasteiger partial charge in [0.25, 0.3) is 0 Å². The Bertz CT molecular complexity index is 1100. The van der Waals surface area contributed by atoms with E-state index in [4.69, 9.17) is 14.7 Å². The maximum absolute atomic E-state index is 13.0. The summed E-state index contributed by atoms with van der Waals surface area (Å²) in [5.74, 6) is 0.725. The van der Waals surface area contributed by atoms with Crippen LogP contribution in [0.25, 0.3) is 0 Å². The van der Waals surface area contributed by atoms with Gasteiger partial charge in [-0.2, -0.15) is 10.4 Å². The van der Waals surface area contributed by atoms with Crippen LogP contribution in [-0.4, -0.2) is 31.4 Å². The lowest BCUT2D eigenvalue weighted by Crippen LogP contribution is -2.15. The molecule has 0 spiro atoms. The number of rotatable bonds is 8. The topological polar surface area (TPSA) is 84.0 Å². The monoisotopic (exact) mass is 397 g/mol. The largest absolute Gasteiger partial charge is 0.493 e. The molecule has 0 aliphatic heterocycles. The Morgan fingerprint density at radius 2 is 1.63 bits per heavy atom. The third kappa shape index (κ3) is 5.18. The van der Waals surface area contributed by atoms with E-state index in [0.29, 0.717) is 28.2 Å². The maximum Gasteiger partial charge on any atom is 0.213 e. The van der Waals surface area contributed by atoms with Crippen LogP contribution in [0.3, 0.4) is 0 Å². The highest BCUT2D eigenvalue weighted by molar-refractivity contribution is 6.51. The first-order valence-electron chi connectivity index (χ1n) is 9.17. The van der Waals surface area contributed by atoms with Crippen molar-refractivity contribution in [3.8, 4) is 17.6 Å². The van der Waals surface area contributed by atoms with Gasteiger partial charge in [-0.3, -0.25) is 4.79 Å². The molecule has 3 aromatic rings. The van der Waals surface area contributed by atoms with Crippen LogP contribution >= 0.6 is 0 Å². The van der Waals surface area contributed by atoms with Crippen molar-refractivity contribution >= 4 is 17.7 Å². The van der Waals surface area contributed by atoms with E-state index in [1.54, 1.807) is 42.5 Å². The zero-order chi connectivity index (χ0) is 21.2. The summed E-state index contributed by atoms with van der Waals surface area (Å²) in [6, 6.07) is 25.2. The number of ether oxygens (including phenoxy) is 2. The molecular weight excluding hydrogens is 378 g/mol. The summed E-state index contributed by atoms with van der Waals surface area (Å²) in [6.45, 7) is -0.0733. The molecule has 0 aromatic heterocycles. The third-order valence-electron chi connectivity index (χ3n) is 4.14. The van der Waals surface area contributed by atoms with Crippen molar-refractivity contribution in [2.75, 3.05) is 13.7 Å². The molecule has 0 aliphatic carbocycles. The van der Waals surface area contributed by atoms with Crippen LogP contribution in [0.1, 0.15) is 21.5 Å². The van der Waals surface area contributed by atoms with Gasteiger partial charge in [0.15, 0.2) is 18.1 Å². The van der Waals surface area contributed by atoms with Gasteiger partial charge in [0, 0.05) is 11.1 Å². The van der Waals surface area contributed by atoms with Gasteiger partial charge >= 0.3 is 0 Å². The Labute approximate surface area is 174 Å². The van der Waals surface area contributed by atoms with E-state index in [1.165, 1.54) is 13.3 Å². The lowest BCUT2D eigenvalue weighted by Gasteiger charge is -2.08. The first-order chi connectivity index (χ1) is 14.7. The minimum atomic E-state index is -0.211. The standard InChI is InChI=1S/C24H19N3O3/c1-29-22-16-18(12-13-21(22)30-15-14-25)17-26-27-23(19-8-4-2-5-9-19)24(28)20-10-6-3-7-11-20/h2-13,16-17H,15H2,1H3/b26-17-,27-23-. The average molecular weight is 397 g/mol. The molecule has 0 fully saturated rings. The van der Waals surface area contributed by atoms with Gasteiger partial charge in [0.2, 0.25) is 5.78 Å². The summed E-state index contributed by atoms with van der Waals surface area (Å²) in [7, 11) is 1.51. The van der Waals surface area contributed by atoms with E-state index < -0.39 is 0 Å². The predicted molar refractivity (Wildman–Crippen MR) is 115 cm³/mol.